The number of nitrogens with one attached hydrogen (secondary N) is 1. The quantitative estimate of drug-likeness (QED) is 0.660. The zero-order valence-corrected chi connectivity index (χ0v) is 13.0. The fraction of sp³-hybridized carbons (Fsp3) is 0.154. The third kappa shape index (κ3) is 2.06. The number of hydrogen-bond donors (Lipinski definition) is 1. The van der Waals surface area contributed by atoms with E-state index in [1.165, 1.54) is 16.0 Å². The Kier molecular flexibility index (Phi) is 3.13. The highest BCUT2D eigenvalue weighted by Gasteiger charge is 2.07. The lowest BCUT2D eigenvalue weighted by Crippen LogP contribution is -1.97. The molecule has 0 unspecified atom stereocenters. The Morgan fingerprint density at radius 3 is 3.00 bits per heavy atom. The fourth-order valence-electron chi connectivity index (χ4n) is 2.07. The molecule has 2 nitrogen and oxygen atoms in total. The maximum Gasteiger partial charge on any atom is 0.178 e. The Bertz CT molecular complexity index is 767. The number of nitrogens with zero attached hydrogens (tertiary/aromatic N) is 1. The standard InChI is InChI=1S/C13H11BrN2S2/c1-8-3-2-4-11-12(8)15-13(17)16(11)6-10-5-9(14)7-18-10/h2-5,7H,6H2,1H3,(H,15,17). The molecule has 0 atom stereocenters. The van der Waals surface area contributed by atoms with Gasteiger partial charge in [0.1, 0.15) is 0 Å². The zero-order valence-electron chi connectivity index (χ0n) is 9.74. The summed E-state index contributed by atoms with van der Waals surface area (Å²) in [5.74, 6) is 0. The summed E-state index contributed by atoms with van der Waals surface area (Å²) in [5.41, 5.74) is 3.53. The van der Waals surface area contributed by atoms with Gasteiger partial charge in [-0.05, 0) is 52.8 Å². The van der Waals surface area contributed by atoms with Crippen molar-refractivity contribution in [2.45, 2.75) is 13.5 Å². The van der Waals surface area contributed by atoms with Crippen LogP contribution >= 0.6 is 39.5 Å². The summed E-state index contributed by atoms with van der Waals surface area (Å²) in [6, 6.07) is 8.42. The van der Waals surface area contributed by atoms with E-state index < -0.39 is 0 Å². The van der Waals surface area contributed by atoms with E-state index >= 15 is 0 Å². The van der Waals surface area contributed by atoms with Gasteiger partial charge in [0.25, 0.3) is 0 Å². The smallest absolute Gasteiger partial charge is 0.178 e. The van der Waals surface area contributed by atoms with Crippen molar-refractivity contribution in [1.82, 2.24) is 9.55 Å². The first kappa shape index (κ1) is 12.1. The van der Waals surface area contributed by atoms with Gasteiger partial charge in [0.15, 0.2) is 4.77 Å². The van der Waals surface area contributed by atoms with Gasteiger partial charge in [0.2, 0.25) is 0 Å². The average Bonchev–Trinajstić information content (AvgIpc) is 2.87. The molecule has 1 N–H and O–H groups in total. The third-order valence-electron chi connectivity index (χ3n) is 2.95. The number of hydrogen-bond acceptors (Lipinski definition) is 2. The molecule has 3 aromatic rings. The van der Waals surface area contributed by atoms with E-state index in [9.17, 15) is 0 Å². The van der Waals surface area contributed by atoms with Crippen LogP contribution in [0.1, 0.15) is 10.4 Å². The second-order valence-corrected chi connectivity index (χ2v) is 6.51. The summed E-state index contributed by atoms with van der Waals surface area (Å²) < 4.78 is 4.06. The predicted molar refractivity (Wildman–Crippen MR) is 83.0 cm³/mol. The van der Waals surface area contributed by atoms with E-state index in [2.05, 4.69) is 62.1 Å². The van der Waals surface area contributed by atoms with Crippen LogP contribution in [-0.2, 0) is 6.54 Å². The molecule has 92 valence electrons. The van der Waals surface area contributed by atoms with E-state index in [0.29, 0.717) is 0 Å². The summed E-state index contributed by atoms with van der Waals surface area (Å²) >= 11 is 10.6. The fourth-order valence-corrected chi connectivity index (χ4v) is 3.78. The lowest BCUT2D eigenvalue weighted by molar-refractivity contribution is 0.823. The Morgan fingerprint density at radius 2 is 2.28 bits per heavy atom. The van der Waals surface area contributed by atoms with Gasteiger partial charge in [-0.25, -0.2) is 0 Å². The maximum absolute atomic E-state index is 5.42. The summed E-state index contributed by atoms with van der Waals surface area (Å²) in [6.45, 7) is 2.91. The molecule has 0 aliphatic carbocycles. The molecule has 1 aromatic carbocycles. The number of fused-ring (bicyclic) bond motifs is 1. The second kappa shape index (κ2) is 4.64. The molecule has 0 saturated carbocycles. The molecule has 3 rings (SSSR count). The van der Waals surface area contributed by atoms with Crippen LogP contribution < -0.4 is 0 Å². The molecule has 0 saturated heterocycles. The number of aryl methyl sites for hydroxylation is 1. The van der Waals surface area contributed by atoms with Crippen molar-refractivity contribution in [3.05, 3.63) is 49.3 Å². The van der Waals surface area contributed by atoms with Crippen LogP contribution in [0, 0.1) is 11.7 Å². The molecule has 5 heteroatoms. The molecule has 0 amide bonds. The first-order valence-corrected chi connectivity index (χ1v) is 7.64. The summed E-state index contributed by atoms with van der Waals surface area (Å²) in [6.07, 6.45) is 0. The highest BCUT2D eigenvalue weighted by atomic mass is 79.9. The molecule has 0 aliphatic heterocycles. The van der Waals surface area contributed by atoms with Crippen LogP contribution in [0.25, 0.3) is 11.0 Å². The van der Waals surface area contributed by atoms with E-state index in [0.717, 1.165) is 21.3 Å². The average molecular weight is 339 g/mol. The van der Waals surface area contributed by atoms with Crippen molar-refractivity contribution in [1.29, 1.82) is 0 Å². The minimum atomic E-state index is 0.781. The molecular formula is C13H11BrN2S2. The van der Waals surface area contributed by atoms with Crippen LogP contribution in [0.4, 0.5) is 0 Å². The minimum absolute atomic E-state index is 0.781. The SMILES string of the molecule is Cc1cccc2c1[nH]c(=S)n2Cc1cc(Br)cs1. The van der Waals surface area contributed by atoms with Crippen LogP contribution in [0.15, 0.2) is 34.1 Å². The first-order chi connectivity index (χ1) is 8.65. The molecule has 0 spiro atoms. The van der Waals surface area contributed by atoms with Crippen LogP contribution in [0.5, 0.6) is 0 Å². The van der Waals surface area contributed by atoms with E-state index in [4.69, 9.17) is 12.2 Å². The molecule has 0 bridgehead atoms. The number of para-hydroxylation sites is 1. The van der Waals surface area contributed by atoms with Crippen LogP contribution in [-0.4, -0.2) is 9.55 Å². The number of aromatic amines is 1. The predicted octanol–water partition coefficient (Wildman–Crippen LogP) is 4.88. The lowest BCUT2D eigenvalue weighted by Gasteiger charge is -2.02. The highest BCUT2D eigenvalue weighted by Crippen LogP contribution is 2.23. The monoisotopic (exact) mass is 338 g/mol. The van der Waals surface area contributed by atoms with Crippen molar-refractivity contribution in [3.8, 4) is 0 Å². The zero-order chi connectivity index (χ0) is 12.7. The van der Waals surface area contributed by atoms with Gasteiger partial charge in [-0.15, -0.1) is 11.3 Å². The Morgan fingerprint density at radius 1 is 1.44 bits per heavy atom. The molecule has 0 aliphatic rings. The maximum atomic E-state index is 5.42. The van der Waals surface area contributed by atoms with Crippen molar-refractivity contribution in [2.24, 2.45) is 0 Å². The number of H-pyrrole nitrogens is 1. The number of benzene rings is 1. The third-order valence-corrected chi connectivity index (χ3v) is 4.96. The van der Waals surface area contributed by atoms with Gasteiger partial charge in [-0.2, -0.15) is 0 Å². The van der Waals surface area contributed by atoms with Crippen molar-refractivity contribution in [3.63, 3.8) is 0 Å². The Balaban J connectivity index is 2.14. The number of aromatic nitrogens is 2. The summed E-state index contributed by atoms with van der Waals surface area (Å²) in [5, 5.41) is 2.10. The van der Waals surface area contributed by atoms with E-state index in [-0.39, 0.29) is 0 Å². The molecule has 18 heavy (non-hydrogen) atoms. The first-order valence-electron chi connectivity index (χ1n) is 5.56. The van der Waals surface area contributed by atoms with Gasteiger partial charge >= 0.3 is 0 Å². The highest BCUT2D eigenvalue weighted by molar-refractivity contribution is 9.10. The summed E-state index contributed by atoms with van der Waals surface area (Å²) in [7, 11) is 0. The molecule has 0 radical (unpaired) electrons. The van der Waals surface area contributed by atoms with Crippen LogP contribution in [0.3, 0.4) is 0 Å². The van der Waals surface area contributed by atoms with Crippen molar-refractivity contribution in [2.75, 3.05) is 0 Å². The molecule has 2 heterocycles. The minimum Gasteiger partial charge on any atom is -0.330 e. The largest absolute Gasteiger partial charge is 0.330 e. The number of imidazole rings is 1. The lowest BCUT2D eigenvalue weighted by atomic mass is 10.2. The Labute approximate surface area is 122 Å². The van der Waals surface area contributed by atoms with Gasteiger partial charge in [0.05, 0.1) is 17.6 Å². The number of halogens is 1. The number of thiophene rings is 1. The van der Waals surface area contributed by atoms with Crippen LogP contribution in [0.2, 0.25) is 0 Å². The van der Waals surface area contributed by atoms with Gasteiger partial charge in [-0.3, -0.25) is 0 Å². The van der Waals surface area contributed by atoms with Gasteiger partial charge in [0, 0.05) is 14.7 Å². The second-order valence-electron chi connectivity index (χ2n) is 4.22. The van der Waals surface area contributed by atoms with E-state index in [1.54, 1.807) is 11.3 Å². The normalized spacial score (nSPS) is 11.2. The molecule has 2 aromatic heterocycles. The molecule has 0 fully saturated rings. The van der Waals surface area contributed by atoms with E-state index in [1.807, 2.05) is 0 Å². The molecular weight excluding hydrogens is 328 g/mol. The summed E-state index contributed by atoms with van der Waals surface area (Å²) in [4.78, 5) is 4.59. The van der Waals surface area contributed by atoms with Crippen molar-refractivity contribution < 1.29 is 0 Å². The number of rotatable bonds is 2. The van der Waals surface area contributed by atoms with Gasteiger partial charge in [-0.1, -0.05) is 12.1 Å². The topological polar surface area (TPSA) is 20.7 Å². The van der Waals surface area contributed by atoms with Crippen molar-refractivity contribution >= 4 is 50.5 Å². The van der Waals surface area contributed by atoms with Gasteiger partial charge < -0.3 is 9.55 Å². The Hall–Kier alpha value is -0.910.